The Morgan fingerprint density at radius 2 is 0.812 bits per heavy atom. The molecule has 154 valence electrons. The average Bonchev–Trinajstić information content (AvgIpc) is 3.44. The SMILES string of the molecule is Cc1c2n(c3ccccc13)P1n3c(c(C)c4ccccc43)C2c2c(C)c3ccccc3n21. The van der Waals surface area contributed by atoms with E-state index >= 15 is 0 Å². The molecule has 0 saturated carbocycles. The molecule has 3 aromatic heterocycles. The van der Waals surface area contributed by atoms with Gasteiger partial charge in [-0.3, -0.25) is 13.0 Å². The van der Waals surface area contributed by atoms with Crippen LogP contribution in [0, 0.1) is 20.8 Å². The van der Waals surface area contributed by atoms with Crippen LogP contribution in [0.3, 0.4) is 0 Å². The van der Waals surface area contributed by atoms with Crippen LogP contribution in [0.15, 0.2) is 72.8 Å². The highest BCUT2D eigenvalue weighted by atomic mass is 31.1. The second kappa shape index (κ2) is 5.54. The van der Waals surface area contributed by atoms with Gasteiger partial charge in [0.25, 0.3) is 0 Å². The molecule has 0 radical (unpaired) electrons. The van der Waals surface area contributed by atoms with Crippen LogP contribution in [-0.4, -0.2) is 13.0 Å². The Bertz CT molecular complexity index is 1570. The predicted molar refractivity (Wildman–Crippen MR) is 134 cm³/mol. The first-order valence-corrected chi connectivity index (χ1v) is 12.5. The molecule has 2 bridgehead atoms. The van der Waals surface area contributed by atoms with Gasteiger partial charge in [-0.15, -0.1) is 0 Å². The molecule has 4 heteroatoms. The summed E-state index contributed by atoms with van der Waals surface area (Å²) in [7, 11) is -0.838. The van der Waals surface area contributed by atoms with E-state index in [1.807, 2.05) is 0 Å². The molecule has 3 nitrogen and oxygen atoms in total. The summed E-state index contributed by atoms with van der Waals surface area (Å²) in [5.74, 6) is 0.245. The zero-order chi connectivity index (χ0) is 21.3. The Balaban J connectivity index is 1.65. The van der Waals surface area contributed by atoms with Crippen molar-refractivity contribution < 1.29 is 0 Å². The fourth-order valence-corrected chi connectivity index (χ4v) is 9.47. The zero-order valence-corrected chi connectivity index (χ0v) is 19.2. The maximum absolute atomic E-state index is 2.68. The van der Waals surface area contributed by atoms with Gasteiger partial charge in [0.2, 0.25) is 8.37 Å². The highest BCUT2D eigenvalue weighted by Crippen LogP contribution is 2.65. The minimum atomic E-state index is -0.838. The molecule has 9 rings (SSSR count). The number of nitrogens with zero attached hydrogens (tertiary/aromatic N) is 3. The van der Waals surface area contributed by atoms with Gasteiger partial charge in [-0.25, -0.2) is 0 Å². The van der Waals surface area contributed by atoms with Crippen molar-refractivity contribution in [1.82, 2.24) is 13.0 Å². The highest BCUT2D eigenvalue weighted by Gasteiger charge is 2.48. The third-order valence-corrected chi connectivity index (χ3v) is 10.2. The molecule has 6 aromatic rings. The largest absolute Gasteiger partial charge is 0.287 e. The van der Waals surface area contributed by atoms with E-state index < -0.39 is 8.37 Å². The van der Waals surface area contributed by atoms with Crippen molar-refractivity contribution in [2.75, 3.05) is 0 Å². The Hall–Kier alpha value is -3.29. The lowest BCUT2D eigenvalue weighted by molar-refractivity contribution is 0.733. The lowest BCUT2D eigenvalue weighted by atomic mass is 9.89. The van der Waals surface area contributed by atoms with E-state index in [1.54, 1.807) is 0 Å². The quantitative estimate of drug-likeness (QED) is 0.221. The summed E-state index contributed by atoms with van der Waals surface area (Å²) >= 11 is 0. The Morgan fingerprint density at radius 1 is 0.500 bits per heavy atom. The lowest BCUT2D eigenvalue weighted by Crippen LogP contribution is -2.31. The molecule has 6 heterocycles. The first-order chi connectivity index (χ1) is 15.7. The van der Waals surface area contributed by atoms with Crippen LogP contribution >= 0.6 is 8.37 Å². The highest BCUT2D eigenvalue weighted by molar-refractivity contribution is 7.54. The van der Waals surface area contributed by atoms with Crippen LogP contribution < -0.4 is 0 Å². The molecular weight excluding hydrogens is 409 g/mol. The van der Waals surface area contributed by atoms with E-state index in [4.69, 9.17) is 0 Å². The predicted octanol–water partition coefficient (Wildman–Crippen LogP) is 7.45. The summed E-state index contributed by atoms with van der Waals surface area (Å²) in [5.41, 5.74) is 12.9. The first-order valence-electron chi connectivity index (χ1n) is 11.3. The summed E-state index contributed by atoms with van der Waals surface area (Å²) in [6.45, 7) is 6.99. The Kier molecular flexibility index (Phi) is 3.00. The summed E-state index contributed by atoms with van der Waals surface area (Å²) in [6, 6.07) is 26.9. The molecule has 32 heavy (non-hydrogen) atoms. The van der Waals surface area contributed by atoms with Crippen LogP contribution in [0.1, 0.15) is 39.7 Å². The standard InChI is InChI=1S/C28H22N3P/c1-16-19-10-4-7-13-22(19)29-26(16)25-27-17(2)20-11-5-8-14-23(20)30(27)32(29)31-24-15-9-6-12-21(24)18(3)28(25)31/h4-15,25H,1-3H3. The molecule has 0 amide bonds. The van der Waals surface area contributed by atoms with Crippen molar-refractivity contribution in [2.45, 2.75) is 26.7 Å². The smallest absolute Gasteiger partial charge is 0.222 e. The second-order valence-corrected chi connectivity index (χ2v) is 11.0. The number of hydrogen-bond acceptors (Lipinski definition) is 0. The fourth-order valence-electron chi connectivity index (χ4n) is 6.46. The monoisotopic (exact) mass is 431 g/mol. The molecule has 0 spiro atoms. The number of para-hydroxylation sites is 3. The summed E-state index contributed by atoms with van der Waals surface area (Å²) < 4.78 is 8.05. The molecule has 3 aromatic carbocycles. The third-order valence-electron chi connectivity index (χ3n) is 7.80. The molecule has 0 unspecified atom stereocenters. The first kappa shape index (κ1) is 17.3. The molecule has 3 aliphatic heterocycles. The van der Waals surface area contributed by atoms with Gasteiger partial charge in [-0.2, -0.15) is 0 Å². The van der Waals surface area contributed by atoms with E-state index in [1.165, 1.54) is 66.5 Å². The van der Waals surface area contributed by atoms with Gasteiger partial charge in [0.05, 0.1) is 22.5 Å². The van der Waals surface area contributed by atoms with Crippen LogP contribution in [0.2, 0.25) is 0 Å². The van der Waals surface area contributed by atoms with Crippen LogP contribution in [0.5, 0.6) is 0 Å². The Morgan fingerprint density at radius 3 is 1.16 bits per heavy atom. The molecule has 0 aliphatic carbocycles. The van der Waals surface area contributed by atoms with Gasteiger partial charge in [0, 0.05) is 33.2 Å². The summed E-state index contributed by atoms with van der Waals surface area (Å²) in [6.07, 6.45) is 0. The second-order valence-electron chi connectivity index (χ2n) is 9.22. The molecule has 0 N–H and O–H groups in total. The third kappa shape index (κ3) is 1.71. The number of hydrogen-bond donors (Lipinski definition) is 0. The molecule has 3 aliphatic rings. The van der Waals surface area contributed by atoms with Gasteiger partial charge in [0.15, 0.2) is 0 Å². The average molecular weight is 431 g/mol. The molecule has 0 fully saturated rings. The Labute approximate surface area is 187 Å². The van der Waals surface area contributed by atoms with Crippen molar-refractivity contribution in [1.29, 1.82) is 0 Å². The summed E-state index contributed by atoms with van der Waals surface area (Å²) in [4.78, 5) is 0. The van der Waals surface area contributed by atoms with Crippen molar-refractivity contribution in [3.8, 4) is 0 Å². The van der Waals surface area contributed by atoms with Gasteiger partial charge < -0.3 is 0 Å². The van der Waals surface area contributed by atoms with E-state index in [0.29, 0.717) is 0 Å². The zero-order valence-electron chi connectivity index (χ0n) is 18.3. The summed E-state index contributed by atoms with van der Waals surface area (Å²) in [5, 5.41) is 4.17. The van der Waals surface area contributed by atoms with Crippen molar-refractivity contribution in [3.63, 3.8) is 0 Å². The van der Waals surface area contributed by atoms with Gasteiger partial charge in [-0.05, 0) is 55.7 Å². The minimum Gasteiger partial charge on any atom is -0.287 e. The van der Waals surface area contributed by atoms with Crippen molar-refractivity contribution >= 4 is 41.1 Å². The van der Waals surface area contributed by atoms with E-state index in [-0.39, 0.29) is 5.92 Å². The van der Waals surface area contributed by atoms with E-state index in [2.05, 4.69) is 107 Å². The van der Waals surface area contributed by atoms with Crippen LogP contribution in [0.25, 0.3) is 32.7 Å². The number of benzene rings is 3. The normalized spacial score (nSPS) is 18.5. The number of aromatic nitrogens is 3. The van der Waals surface area contributed by atoms with Gasteiger partial charge in [-0.1, -0.05) is 54.6 Å². The number of rotatable bonds is 0. The van der Waals surface area contributed by atoms with Crippen LogP contribution in [-0.2, 0) is 0 Å². The van der Waals surface area contributed by atoms with Crippen LogP contribution in [0.4, 0.5) is 0 Å². The number of aryl methyl sites for hydroxylation is 3. The molecule has 0 saturated heterocycles. The van der Waals surface area contributed by atoms with E-state index in [9.17, 15) is 0 Å². The van der Waals surface area contributed by atoms with Crippen molar-refractivity contribution in [3.05, 3.63) is 107 Å². The topological polar surface area (TPSA) is 14.8 Å². The van der Waals surface area contributed by atoms with Gasteiger partial charge in [0.1, 0.15) is 0 Å². The fraction of sp³-hybridized carbons (Fsp3) is 0.143. The van der Waals surface area contributed by atoms with E-state index in [0.717, 1.165) is 0 Å². The lowest BCUT2D eigenvalue weighted by Gasteiger charge is -2.43. The van der Waals surface area contributed by atoms with Gasteiger partial charge >= 0.3 is 0 Å². The minimum absolute atomic E-state index is 0.245. The number of fused-ring (bicyclic) bond motifs is 3. The van der Waals surface area contributed by atoms with Crippen molar-refractivity contribution in [2.24, 2.45) is 0 Å². The molecule has 0 atom stereocenters. The maximum Gasteiger partial charge on any atom is 0.222 e. The molecular formula is C28H22N3P. The maximum atomic E-state index is 2.68.